The summed E-state index contributed by atoms with van der Waals surface area (Å²) in [4.78, 5) is 11.0. The quantitative estimate of drug-likeness (QED) is 0.891. The summed E-state index contributed by atoms with van der Waals surface area (Å²) in [7, 11) is 0. The van der Waals surface area contributed by atoms with Crippen molar-refractivity contribution in [2.24, 2.45) is 5.73 Å². The van der Waals surface area contributed by atoms with E-state index in [1.165, 1.54) is 0 Å². The first-order valence-electron chi connectivity index (χ1n) is 7.37. The number of fused-ring (bicyclic) bond motifs is 2. The van der Waals surface area contributed by atoms with Gasteiger partial charge in [-0.3, -0.25) is 4.79 Å². The molecule has 3 unspecified atom stereocenters. The monoisotopic (exact) mass is 291 g/mol. The number of aliphatic carboxylic acids is 1. The number of ether oxygens (including phenoxy) is 2. The number of hydrogen-bond donors (Lipinski definition) is 2. The van der Waals surface area contributed by atoms with Gasteiger partial charge in [0.05, 0.1) is 6.42 Å². The molecule has 1 aromatic carbocycles. The second kappa shape index (κ2) is 4.91. The fraction of sp³-hybridized carbons (Fsp3) is 0.562. The number of carboxylic acids is 1. The molecule has 5 nitrogen and oxygen atoms in total. The van der Waals surface area contributed by atoms with Crippen molar-refractivity contribution >= 4 is 5.97 Å². The summed E-state index contributed by atoms with van der Waals surface area (Å²) in [5, 5.41) is 9.05. The third-order valence-corrected chi connectivity index (χ3v) is 4.30. The second-order valence-corrected chi connectivity index (χ2v) is 6.12. The van der Waals surface area contributed by atoms with E-state index in [1.54, 1.807) is 0 Å². The Morgan fingerprint density at radius 3 is 2.43 bits per heavy atom. The largest absolute Gasteiger partial charge is 0.490 e. The van der Waals surface area contributed by atoms with Gasteiger partial charge in [0.25, 0.3) is 0 Å². The molecule has 114 valence electrons. The molecule has 2 aliphatic heterocycles. The van der Waals surface area contributed by atoms with Crippen molar-refractivity contribution in [3.05, 3.63) is 22.3 Å². The molecule has 3 N–H and O–H groups in total. The standard InChI is InChI=1S/C16H21NO4/c1-7-4-10-9(3)15-11(5-8(2)20-15)14(16(10)21-7)12(17)6-13(18)19/h7-8,12H,4-6,17H2,1-3H3,(H,18,19). The molecule has 0 aromatic heterocycles. The van der Waals surface area contributed by atoms with Crippen LogP contribution >= 0.6 is 0 Å². The van der Waals surface area contributed by atoms with E-state index in [2.05, 4.69) is 0 Å². The van der Waals surface area contributed by atoms with Crippen molar-refractivity contribution in [1.82, 2.24) is 0 Å². The van der Waals surface area contributed by atoms with Gasteiger partial charge in [0.1, 0.15) is 23.7 Å². The minimum atomic E-state index is -0.899. The Balaban J connectivity index is 2.16. The Morgan fingerprint density at radius 1 is 1.24 bits per heavy atom. The summed E-state index contributed by atoms with van der Waals surface area (Å²) in [5.41, 5.74) is 10.3. The van der Waals surface area contributed by atoms with Gasteiger partial charge in [0.15, 0.2) is 0 Å². The van der Waals surface area contributed by atoms with E-state index in [0.29, 0.717) is 0 Å². The van der Waals surface area contributed by atoms with Crippen LogP contribution in [0.25, 0.3) is 0 Å². The Hall–Kier alpha value is -1.75. The molecule has 0 amide bonds. The maximum Gasteiger partial charge on any atom is 0.305 e. The van der Waals surface area contributed by atoms with Crippen LogP contribution in [0, 0.1) is 6.92 Å². The van der Waals surface area contributed by atoms with Crippen LogP contribution < -0.4 is 15.2 Å². The van der Waals surface area contributed by atoms with Gasteiger partial charge in [-0.05, 0) is 26.3 Å². The zero-order chi connectivity index (χ0) is 15.3. The van der Waals surface area contributed by atoms with Crippen LogP contribution in [0.15, 0.2) is 0 Å². The summed E-state index contributed by atoms with van der Waals surface area (Å²) in [6.45, 7) is 6.07. The zero-order valence-corrected chi connectivity index (χ0v) is 12.6. The lowest BCUT2D eigenvalue weighted by atomic mass is 9.89. The molecule has 5 heteroatoms. The van der Waals surface area contributed by atoms with Crippen molar-refractivity contribution in [1.29, 1.82) is 0 Å². The fourth-order valence-electron chi connectivity index (χ4n) is 3.44. The summed E-state index contributed by atoms with van der Waals surface area (Å²) in [6.07, 6.45) is 1.65. The predicted octanol–water partition coefficient (Wildman–Crippen LogP) is 2.12. The minimum Gasteiger partial charge on any atom is -0.490 e. The SMILES string of the molecule is Cc1c2c(c(C(N)CC(=O)O)c3c1OC(C)C3)OC(C)C2. The zero-order valence-electron chi connectivity index (χ0n) is 12.6. The van der Waals surface area contributed by atoms with E-state index in [4.69, 9.17) is 20.3 Å². The maximum atomic E-state index is 11.0. The van der Waals surface area contributed by atoms with Gasteiger partial charge in [-0.25, -0.2) is 0 Å². The highest BCUT2D eigenvalue weighted by molar-refractivity contribution is 5.70. The highest BCUT2D eigenvalue weighted by Crippen LogP contribution is 2.48. The molecule has 0 saturated carbocycles. The lowest BCUT2D eigenvalue weighted by Gasteiger charge is -2.19. The third kappa shape index (κ3) is 2.25. The number of carboxylic acid groups (broad SMARTS) is 1. The topological polar surface area (TPSA) is 81.8 Å². The molecule has 2 aliphatic rings. The van der Waals surface area contributed by atoms with Crippen LogP contribution in [-0.2, 0) is 17.6 Å². The Bertz CT molecular complexity index is 572. The first-order chi connectivity index (χ1) is 9.88. The van der Waals surface area contributed by atoms with Crippen molar-refractivity contribution in [2.45, 2.75) is 58.3 Å². The van der Waals surface area contributed by atoms with Crippen LogP contribution in [-0.4, -0.2) is 23.3 Å². The smallest absolute Gasteiger partial charge is 0.305 e. The van der Waals surface area contributed by atoms with Gasteiger partial charge in [-0.2, -0.15) is 0 Å². The maximum absolute atomic E-state index is 11.0. The van der Waals surface area contributed by atoms with Gasteiger partial charge in [0, 0.05) is 35.6 Å². The van der Waals surface area contributed by atoms with Crippen LogP contribution in [0.4, 0.5) is 0 Å². The average molecular weight is 291 g/mol. The predicted molar refractivity (Wildman–Crippen MR) is 77.9 cm³/mol. The first kappa shape index (κ1) is 14.2. The number of hydrogen-bond acceptors (Lipinski definition) is 4. The van der Waals surface area contributed by atoms with E-state index < -0.39 is 12.0 Å². The fourth-order valence-corrected chi connectivity index (χ4v) is 3.44. The molecule has 21 heavy (non-hydrogen) atoms. The Kier molecular flexibility index (Phi) is 3.32. The minimum absolute atomic E-state index is 0.0921. The summed E-state index contributed by atoms with van der Waals surface area (Å²) in [6, 6.07) is -0.565. The van der Waals surface area contributed by atoms with Gasteiger partial charge in [0.2, 0.25) is 0 Å². The van der Waals surface area contributed by atoms with E-state index in [9.17, 15) is 4.79 Å². The third-order valence-electron chi connectivity index (χ3n) is 4.30. The number of carbonyl (C=O) groups is 1. The van der Waals surface area contributed by atoms with Gasteiger partial charge in [-0.1, -0.05) is 0 Å². The highest BCUT2D eigenvalue weighted by Gasteiger charge is 2.36. The van der Waals surface area contributed by atoms with Gasteiger partial charge in [-0.15, -0.1) is 0 Å². The molecule has 1 aromatic rings. The van der Waals surface area contributed by atoms with Gasteiger partial charge >= 0.3 is 5.97 Å². The summed E-state index contributed by atoms with van der Waals surface area (Å²) < 4.78 is 11.9. The lowest BCUT2D eigenvalue weighted by molar-refractivity contribution is -0.137. The number of nitrogens with two attached hydrogens (primary N) is 1. The lowest BCUT2D eigenvalue weighted by Crippen LogP contribution is -2.18. The molecule has 0 saturated heterocycles. The van der Waals surface area contributed by atoms with Crippen molar-refractivity contribution < 1.29 is 19.4 Å². The van der Waals surface area contributed by atoms with Crippen LogP contribution in [0.1, 0.15) is 48.6 Å². The average Bonchev–Trinajstić information content (AvgIpc) is 2.92. The first-order valence-corrected chi connectivity index (χ1v) is 7.37. The molecule has 0 radical (unpaired) electrons. The number of benzene rings is 1. The second-order valence-electron chi connectivity index (χ2n) is 6.12. The normalized spacial score (nSPS) is 24.0. The molecular formula is C16H21NO4. The van der Waals surface area contributed by atoms with E-state index >= 15 is 0 Å². The molecule has 0 spiro atoms. The molecule has 0 bridgehead atoms. The van der Waals surface area contributed by atoms with E-state index in [-0.39, 0.29) is 18.6 Å². The van der Waals surface area contributed by atoms with E-state index in [1.807, 2.05) is 20.8 Å². The van der Waals surface area contributed by atoms with Crippen LogP contribution in [0.2, 0.25) is 0 Å². The van der Waals surface area contributed by atoms with Crippen molar-refractivity contribution in [2.75, 3.05) is 0 Å². The molecule has 0 aliphatic carbocycles. The summed E-state index contributed by atoms with van der Waals surface area (Å²) >= 11 is 0. The summed E-state index contributed by atoms with van der Waals surface area (Å²) in [5.74, 6) is 0.781. The van der Waals surface area contributed by atoms with E-state index in [0.717, 1.165) is 46.6 Å². The Morgan fingerprint density at radius 2 is 1.81 bits per heavy atom. The molecular weight excluding hydrogens is 270 g/mol. The Labute approximate surface area is 124 Å². The van der Waals surface area contributed by atoms with Crippen molar-refractivity contribution in [3.8, 4) is 11.5 Å². The molecule has 0 fully saturated rings. The molecule has 3 rings (SSSR count). The van der Waals surface area contributed by atoms with Crippen LogP contribution in [0.3, 0.4) is 0 Å². The number of rotatable bonds is 3. The highest BCUT2D eigenvalue weighted by atomic mass is 16.5. The molecule has 3 atom stereocenters. The van der Waals surface area contributed by atoms with Crippen LogP contribution in [0.5, 0.6) is 11.5 Å². The van der Waals surface area contributed by atoms with Crippen molar-refractivity contribution in [3.63, 3.8) is 0 Å². The van der Waals surface area contributed by atoms with Gasteiger partial charge < -0.3 is 20.3 Å². The molecule has 2 heterocycles.